The lowest BCUT2D eigenvalue weighted by Crippen LogP contribution is -2.46. The molecule has 2 aliphatic heterocycles. The summed E-state index contributed by atoms with van der Waals surface area (Å²) in [6, 6.07) is 8.41. The van der Waals surface area contributed by atoms with Crippen molar-refractivity contribution >= 4 is 17.5 Å². The number of fused-ring (bicyclic) bond motifs is 1. The van der Waals surface area contributed by atoms with E-state index in [1.54, 1.807) is 0 Å². The van der Waals surface area contributed by atoms with E-state index in [1.807, 2.05) is 30.9 Å². The van der Waals surface area contributed by atoms with Gasteiger partial charge in [-0.25, -0.2) is 0 Å². The van der Waals surface area contributed by atoms with E-state index in [1.165, 1.54) is 5.56 Å². The fraction of sp³-hybridized carbons (Fsp3) is 0.619. The number of nitrogens with one attached hydrogen (secondary N) is 1. The molecule has 142 valence electrons. The molecule has 0 saturated carbocycles. The van der Waals surface area contributed by atoms with E-state index in [9.17, 15) is 9.59 Å². The van der Waals surface area contributed by atoms with Crippen LogP contribution in [0.2, 0.25) is 0 Å². The number of benzene rings is 1. The molecule has 1 atom stereocenters. The van der Waals surface area contributed by atoms with Gasteiger partial charge in [0.1, 0.15) is 0 Å². The van der Waals surface area contributed by atoms with Crippen LogP contribution in [0.5, 0.6) is 0 Å². The van der Waals surface area contributed by atoms with Crippen LogP contribution >= 0.6 is 0 Å². The number of piperidine rings is 1. The van der Waals surface area contributed by atoms with E-state index in [4.69, 9.17) is 0 Å². The molecule has 1 saturated heterocycles. The largest absolute Gasteiger partial charge is 0.354 e. The number of amides is 2. The lowest BCUT2D eigenvalue weighted by Gasteiger charge is -2.33. The fourth-order valence-electron chi connectivity index (χ4n) is 4.06. The Balaban J connectivity index is 1.53. The van der Waals surface area contributed by atoms with E-state index >= 15 is 0 Å². The van der Waals surface area contributed by atoms with Crippen molar-refractivity contribution in [2.45, 2.75) is 52.0 Å². The minimum absolute atomic E-state index is 0.0527. The van der Waals surface area contributed by atoms with Crippen LogP contribution < -0.4 is 10.2 Å². The Labute approximate surface area is 156 Å². The van der Waals surface area contributed by atoms with Gasteiger partial charge < -0.3 is 15.1 Å². The Morgan fingerprint density at radius 3 is 2.81 bits per heavy atom. The lowest BCUT2D eigenvalue weighted by atomic mass is 9.96. The second-order valence-electron chi connectivity index (χ2n) is 7.83. The molecule has 0 radical (unpaired) electrons. The van der Waals surface area contributed by atoms with Gasteiger partial charge in [0, 0.05) is 37.8 Å². The quantitative estimate of drug-likeness (QED) is 0.881. The molecule has 2 amide bonds. The Hall–Kier alpha value is -1.88. The van der Waals surface area contributed by atoms with Gasteiger partial charge in [-0.2, -0.15) is 0 Å². The zero-order valence-corrected chi connectivity index (χ0v) is 16.0. The number of anilines is 1. The van der Waals surface area contributed by atoms with Crippen LogP contribution in [0.3, 0.4) is 0 Å². The van der Waals surface area contributed by atoms with Crippen LogP contribution in [0.1, 0.15) is 45.1 Å². The molecule has 1 N–H and O–H groups in total. The van der Waals surface area contributed by atoms with Crippen LogP contribution in [0.25, 0.3) is 0 Å². The molecule has 26 heavy (non-hydrogen) atoms. The van der Waals surface area contributed by atoms with Crippen LogP contribution in [0.15, 0.2) is 24.3 Å². The minimum Gasteiger partial charge on any atom is -0.354 e. The van der Waals surface area contributed by atoms with Gasteiger partial charge in [0.2, 0.25) is 11.8 Å². The third kappa shape index (κ3) is 4.64. The van der Waals surface area contributed by atoms with Gasteiger partial charge >= 0.3 is 0 Å². The molecule has 2 aliphatic rings. The predicted molar refractivity (Wildman–Crippen MR) is 104 cm³/mol. The Morgan fingerprint density at radius 1 is 1.19 bits per heavy atom. The standard InChI is InChI=1S/C21H31N3O2/c1-16(2)22-21(26)18-9-5-12-23(15-18)14-11-20(25)24-13-6-8-17-7-3-4-10-19(17)24/h3-4,7,10,16,18H,5-6,8-9,11-15H2,1-2H3,(H,22,26)/t18-/m1/s1. The van der Waals surface area contributed by atoms with Gasteiger partial charge in [0.25, 0.3) is 0 Å². The molecule has 0 aliphatic carbocycles. The number of nitrogens with zero attached hydrogens (tertiary/aromatic N) is 2. The van der Waals surface area contributed by atoms with Crippen molar-refractivity contribution in [2.75, 3.05) is 31.1 Å². The zero-order valence-electron chi connectivity index (χ0n) is 16.0. The molecule has 1 aromatic rings. The lowest BCUT2D eigenvalue weighted by molar-refractivity contribution is -0.127. The van der Waals surface area contributed by atoms with Gasteiger partial charge in [-0.3, -0.25) is 9.59 Å². The number of para-hydroxylation sites is 1. The number of aryl methyl sites for hydroxylation is 1. The maximum atomic E-state index is 12.8. The number of rotatable bonds is 5. The maximum absolute atomic E-state index is 12.8. The van der Waals surface area contributed by atoms with Crippen molar-refractivity contribution in [1.29, 1.82) is 0 Å². The van der Waals surface area contributed by atoms with Crippen molar-refractivity contribution < 1.29 is 9.59 Å². The molecule has 5 nitrogen and oxygen atoms in total. The van der Waals surface area contributed by atoms with Crippen LogP contribution in [0.4, 0.5) is 5.69 Å². The minimum atomic E-state index is 0.0527. The average molecular weight is 357 g/mol. The molecule has 0 bridgehead atoms. The third-order valence-electron chi connectivity index (χ3n) is 5.36. The first-order valence-corrected chi connectivity index (χ1v) is 9.95. The highest BCUT2D eigenvalue weighted by molar-refractivity contribution is 5.94. The molecule has 3 rings (SSSR count). The first kappa shape index (κ1) is 18.9. The van der Waals surface area contributed by atoms with Crippen molar-refractivity contribution in [3.8, 4) is 0 Å². The Kier molecular flexibility index (Phi) is 6.30. The molecular weight excluding hydrogens is 326 g/mol. The topological polar surface area (TPSA) is 52.7 Å². The van der Waals surface area contributed by atoms with Crippen LogP contribution in [-0.4, -0.2) is 48.9 Å². The molecule has 0 unspecified atom stereocenters. The second-order valence-corrected chi connectivity index (χ2v) is 7.83. The maximum Gasteiger partial charge on any atom is 0.228 e. The Bertz CT molecular complexity index is 644. The van der Waals surface area contributed by atoms with Gasteiger partial charge in [0.05, 0.1) is 5.92 Å². The zero-order chi connectivity index (χ0) is 18.5. The van der Waals surface area contributed by atoms with Crippen molar-refractivity contribution in [3.05, 3.63) is 29.8 Å². The van der Waals surface area contributed by atoms with Gasteiger partial charge in [-0.15, -0.1) is 0 Å². The number of likely N-dealkylation sites (tertiary alicyclic amines) is 1. The van der Waals surface area contributed by atoms with E-state index in [-0.39, 0.29) is 23.8 Å². The molecule has 0 spiro atoms. The number of hydrogen-bond acceptors (Lipinski definition) is 3. The smallest absolute Gasteiger partial charge is 0.228 e. The monoisotopic (exact) mass is 357 g/mol. The molecule has 1 aromatic carbocycles. The van der Waals surface area contributed by atoms with E-state index in [0.29, 0.717) is 6.42 Å². The number of carbonyl (C=O) groups excluding carboxylic acids is 2. The summed E-state index contributed by atoms with van der Waals surface area (Å²) in [5.41, 5.74) is 2.35. The number of carbonyl (C=O) groups is 2. The average Bonchev–Trinajstić information content (AvgIpc) is 2.65. The molecule has 1 fully saturated rings. The predicted octanol–water partition coefficient (Wildman–Crippen LogP) is 2.59. The summed E-state index contributed by atoms with van der Waals surface area (Å²) in [6.45, 7) is 7.29. The highest BCUT2D eigenvalue weighted by Crippen LogP contribution is 2.27. The summed E-state index contributed by atoms with van der Waals surface area (Å²) in [6.07, 6.45) is 4.58. The first-order chi connectivity index (χ1) is 12.5. The summed E-state index contributed by atoms with van der Waals surface area (Å²) in [5, 5.41) is 3.02. The summed E-state index contributed by atoms with van der Waals surface area (Å²) < 4.78 is 0. The number of hydrogen-bond donors (Lipinski definition) is 1. The van der Waals surface area contributed by atoms with E-state index in [2.05, 4.69) is 22.3 Å². The van der Waals surface area contributed by atoms with Crippen LogP contribution in [0, 0.1) is 5.92 Å². The van der Waals surface area contributed by atoms with Crippen molar-refractivity contribution in [3.63, 3.8) is 0 Å². The highest BCUT2D eigenvalue weighted by atomic mass is 16.2. The fourth-order valence-corrected chi connectivity index (χ4v) is 4.06. The summed E-state index contributed by atoms with van der Waals surface area (Å²) in [4.78, 5) is 29.3. The summed E-state index contributed by atoms with van der Waals surface area (Å²) >= 11 is 0. The third-order valence-corrected chi connectivity index (χ3v) is 5.36. The SMILES string of the molecule is CC(C)NC(=O)[C@@H]1CCCN(CCC(=O)N2CCCc3ccccc32)C1. The molecule has 5 heteroatoms. The van der Waals surface area contributed by atoms with E-state index in [0.717, 1.165) is 57.5 Å². The summed E-state index contributed by atoms with van der Waals surface area (Å²) in [7, 11) is 0. The Morgan fingerprint density at radius 2 is 2.00 bits per heavy atom. The normalized spacial score (nSPS) is 20.7. The van der Waals surface area contributed by atoms with Crippen LogP contribution in [-0.2, 0) is 16.0 Å². The van der Waals surface area contributed by atoms with Crippen molar-refractivity contribution in [1.82, 2.24) is 10.2 Å². The van der Waals surface area contributed by atoms with E-state index < -0.39 is 0 Å². The first-order valence-electron chi connectivity index (χ1n) is 9.95. The second kappa shape index (κ2) is 8.67. The van der Waals surface area contributed by atoms with Gasteiger partial charge in [0.15, 0.2) is 0 Å². The summed E-state index contributed by atoms with van der Waals surface area (Å²) in [5.74, 6) is 0.406. The van der Waals surface area contributed by atoms with Crippen molar-refractivity contribution in [2.24, 2.45) is 5.92 Å². The molecule has 0 aromatic heterocycles. The highest BCUT2D eigenvalue weighted by Gasteiger charge is 2.27. The van der Waals surface area contributed by atoms with Gasteiger partial charge in [-0.1, -0.05) is 18.2 Å². The molecule has 2 heterocycles. The van der Waals surface area contributed by atoms with Gasteiger partial charge in [-0.05, 0) is 57.7 Å². The molecular formula is C21H31N3O2.